The van der Waals surface area contributed by atoms with Crippen LogP contribution in [-0.2, 0) is 6.54 Å². The molecule has 0 aromatic heterocycles. The van der Waals surface area contributed by atoms with Gasteiger partial charge in [0.2, 0.25) is 0 Å². The number of halogens is 2. The van der Waals surface area contributed by atoms with Gasteiger partial charge in [-0.15, -0.1) is 24.8 Å². The third-order valence-electron chi connectivity index (χ3n) is 2.72. The van der Waals surface area contributed by atoms with E-state index in [0.717, 1.165) is 18.8 Å². The Kier molecular flexibility index (Phi) is 11.5. The Labute approximate surface area is 122 Å². The van der Waals surface area contributed by atoms with Crippen molar-refractivity contribution in [3.05, 3.63) is 29.8 Å². The molecule has 0 heterocycles. The maximum absolute atomic E-state index is 5.94. The number of benzene rings is 1. The highest BCUT2D eigenvalue weighted by atomic mass is 35.5. The highest BCUT2D eigenvalue weighted by Gasteiger charge is 2.06. The quantitative estimate of drug-likeness (QED) is 0.848. The van der Waals surface area contributed by atoms with Gasteiger partial charge in [-0.1, -0.05) is 26.0 Å². The van der Waals surface area contributed by atoms with Crippen molar-refractivity contribution in [2.24, 2.45) is 11.7 Å². The van der Waals surface area contributed by atoms with E-state index >= 15 is 0 Å². The van der Waals surface area contributed by atoms with E-state index in [2.05, 4.69) is 31.3 Å². The summed E-state index contributed by atoms with van der Waals surface area (Å²) in [6.07, 6.45) is 0. The van der Waals surface area contributed by atoms with Gasteiger partial charge in [-0.05, 0) is 23.6 Å². The summed E-state index contributed by atoms with van der Waals surface area (Å²) < 4.78 is 5.10. The molecule has 0 radical (unpaired) electrons. The Balaban J connectivity index is 0. The summed E-state index contributed by atoms with van der Waals surface area (Å²) in [7, 11) is 1.68. The van der Waals surface area contributed by atoms with E-state index in [1.165, 1.54) is 5.56 Å². The zero-order valence-corrected chi connectivity index (χ0v) is 12.8. The molecule has 3 nitrogen and oxygen atoms in total. The lowest BCUT2D eigenvalue weighted by molar-refractivity contribution is 0.414. The minimum Gasteiger partial charge on any atom is -0.497 e. The smallest absolute Gasteiger partial charge is 0.118 e. The molecule has 1 atom stereocenters. The van der Waals surface area contributed by atoms with Gasteiger partial charge < -0.3 is 15.8 Å². The zero-order chi connectivity index (χ0) is 12.0. The van der Waals surface area contributed by atoms with Crippen LogP contribution >= 0.6 is 24.8 Å². The van der Waals surface area contributed by atoms with Crippen molar-refractivity contribution in [1.82, 2.24) is 5.32 Å². The summed E-state index contributed by atoms with van der Waals surface area (Å²) in [6.45, 7) is 5.98. The van der Waals surface area contributed by atoms with Gasteiger partial charge in [0.15, 0.2) is 0 Å². The maximum Gasteiger partial charge on any atom is 0.118 e. The van der Waals surface area contributed by atoms with E-state index < -0.39 is 0 Å². The van der Waals surface area contributed by atoms with Crippen molar-refractivity contribution in [2.45, 2.75) is 26.4 Å². The summed E-state index contributed by atoms with van der Waals surface area (Å²) in [5.74, 6) is 1.41. The molecule has 0 aliphatic rings. The normalized spacial score (nSPS) is 11.4. The fraction of sp³-hybridized carbons (Fsp3) is 0.538. The lowest BCUT2D eigenvalue weighted by atomic mass is 10.1. The molecule has 0 spiro atoms. The predicted molar refractivity (Wildman–Crippen MR) is 82.0 cm³/mol. The Bertz CT molecular complexity index is 304. The predicted octanol–water partition coefficient (Wildman–Crippen LogP) is 2.61. The molecule has 0 fully saturated rings. The largest absolute Gasteiger partial charge is 0.497 e. The maximum atomic E-state index is 5.94. The molecule has 0 aliphatic carbocycles. The Morgan fingerprint density at radius 1 is 1.17 bits per heavy atom. The summed E-state index contributed by atoms with van der Waals surface area (Å²) in [6, 6.07) is 8.29. The van der Waals surface area contributed by atoms with Crippen LogP contribution in [0.2, 0.25) is 0 Å². The van der Waals surface area contributed by atoms with E-state index in [1.807, 2.05) is 12.1 Å². The van der Waals surface area contributed by atoms with E-state index in [4.69, 9.17) is 10.5 Å². The van der Waals surface area contributed by atoms with Gasteiger partial charge in [-0.3, -0.25) is 0 Å². The average molecular weight is 295 g/mol. The van der Waals surface area contributed by atoms with E-state index in [0.29, 0.717) is 5.92 Å². The molecule has 1 unspecified atom stereocenters. The minimum atomic E-state index is 0. The number of nitrogens with one attached hydrogen (secondary N) is 1. The monoisotopic (exact) mass is 294 g/mol. The molecule has 0 bridgehead atoms. The van der Waals surface area contributed by atoms with Crippen LogP contribution in [0.1, 0.15) is 19.4 Å². The average Bonchev–Trinajstić information content (AvgIpc) is 2.29. The van der Waals surface area contributed by atoms with Crippen molar-refractivity contribution in [3.8, 4) is 5.75 Å². The van der Waals surface area contributed by atoms with Gasteiger partial charge in [0.1, 0.15) is 5.75 Å². The van der Waals surface area contributed by atoms with Crippen molar-refractivity contribution in [3.63, 3.8) is 0 Å². The number of ether oxygens (including phenoxy) is 1. The molecule has 0 saturated heterocycles. The van der Waals surface area contributed by atoms with Crippen LogP contribution in [0.3, 0.4) is 0 Å². The first kappa shape index (κ1) is 19.9. The topological polar surface area (TPSA) is 47.3 Å². The lowest BCUT2D eigenvalue weighted by Crippen LogP contribution is -2.37. The SMILES string of the molecule is COc1ccc(CNCC(N)C(C)C)cc1.Cl.Cl. The molecule has 0 aliphatic heterocycles. The third-order valence-corrected chi connectivity index (χ3v) is 2.72. The number of nitrogens with two attached hydrogens (primary N) is 1. The number of rotatable bonds is 6. The Morgan fingerprint density at radius 2 is 1.72 bits per heavy atom. The molecule has 1 aromatic carbocycles. The van der Waals surface area contributed by atoms with Gasteiger partial charge in [-0.25, -0.2) is 0 Å². The second kappa shape index (κ2) is 10.4. The number of hydrogen-bond donors (Lipinski definition) is 2. The van der Waals surface area contributed by atoms with Crippen LogP contribution in [0.15, 0.2) is 24.3 Å². The molecule has 5 heteroatoms. The van der Waals surface area contributed by atoms with Gasteiger partial charge in [-0.2, -0.15) is 0 Å². The molecular weight excluding hydrogens is 271 g/mol. The second-order valence-electron chi connectivity index (χ2n) is 4.39. The van der Waals surface area contributed by atoms with Gasteiger partial charge in [0.05, 0.1) is 7.11 Å². The fourth-order valence-electron chi connectivity index (χ4n) is 1.36. The fourth-order valence-corrected chi connectivity index (χ4v) is 1.36. The summed E-state index contributed by atoms with van der Waals surface area (Å²) in [4.78, 5) is 0. The van der Waals surface area contributed by atoms with Crippen LogP contribution in [0.5, 0.6) is 5.75 Å². The Morgan fingerprint density at radius 3 is 2.17 bits per heavy atom. The molecule has 106 valence electrons. The third kappa shape index (κ3) is 7.07. The zero-order valence-electron chi connectivity index (χ0n) is 11.2. The van der Waals surface area contributed by atoms with E-state index in [9.17, 15) is 0 Å². The van der Waals surface area contributed by atoms with Crippen LogP contribution in [0.4, 0.5) is 0 Å². The highest BCUT2D eigenvalue weighted by Crippen LogP contribution is 2.10. The molecule has 1 rings (SSSR count). The molecule has 0 amide bonds. The van der Waals surface area contributed by atoms with Crippen LogP contribution in [0, 0.1) is 5.92 Å². The second-order valence-corrected chi connectivity index (χ2v) is 4.39. The molecule has 18 heavy (non-hydrogen) atoms. The van der Waals surface area contributed by atoms with E-state index in [1.54, 1.807) is 7.11 Å². The van der Waals surface area contributed by atoms with Crippen molar-refractivity contribution in [1.29, 1.82) is 0 Å². The van der Waals surface area contributed by atoms with Gasteiger partial charge in [0, 0.05) is 19.1 Å². The Hall–Kier alpha value is -0.480. The molecular formula is C13H24Cl2N2O. The summed E-state index contributed by atoms with van der Waals surface area (Å²) in [5, 5.41) is 3.35. The van der Waals surface area contributed by atoms with Gasteiger partial charge in [0.25, 0.3) is 0 Å². The molecule has 1 aromatic rings. The summed E-state index contributed by atoms with van der Waals surface area (Å²) in [5.41, 5.74) is 7.19. The standard InChI is InChI=1S/C13H22N2O.2ClH/c1-10(2)13(14)9-15-8-11-4-6-12(16-3)7-5-11;;/h4-7,10,13,15H,8-9,14H2,1-3H3;2*1H. The van der Waals surface area contributed by atoms with Gasteiger partial charge >= 0.3 is 0 Å². The van der Waals surface area contributed by atoms with Crippen LogP contribution in [-0.4, -0.2) is 19.7 Å². The summed E-state index contributed by atoms with van der Waals surface area (Å²) >= 11 is 0. The van der Waals surface area contributed by atoms with Crippen LogP contribution < -0.4 is 15.8 Å². The first-order chi connectivity index (χ1) is 7.63. The van der Waals surface area contributed by atoms with Crippen molar-refractivity contribution >= 4 is 24.8 Å². The van der Waals surface area contributed by atoms with Crippen molar-refractivity contribution < 1.29 is 4.74 Å². The number of hydrogen-bond acceptors (Lipinski definition) is 3. The highest BCUT2D eigenvalue weighted by molar-refractivity contribution is 5.85. The van der Waals surface area contributed by atoms with Crippen LogP contribution in [0.25, 0.3) is 0 Å². The molecule has 3 N–H and O–H groups in total. The minimum absolute atomic E-state index is 0. The first-order valence-corrected chi connectivity index (χ1v) is 5.72. The number of methoxy groups -OCH3 is 1. The molecule has 0 saturated carbocycles. The first-order valence-electron chi connectivity index (χ1n) is 5.72. The van der Waals surface area contributed by atoms with E-state index in [-0.39, 0.29) is 30.9 Å². The van der Waals surface area contributed by atoms with Crippen molar-refractivity contribution in [2.75, 3.05) is 13.7 Å². The lowest BCUT2D eigenvalue weighted by Gasteiger charge is -2.16.